The molecule has 1 N–H and O–H groups in total. The summed E-state index contributed by atoms with van der Waals surface area (Å²) < 4.78 is 1.74. The fourth-order valence-corrected chi connectivity index (χ4v) is 1.89. The minimum Gasteiger partial charge on any atom is -0.314 e. The van der Waals surface area contributed by atoms with E-state index in [9.17, 15) is 0 Å². The van der Waals surface area contributed by atoms with Crippen molar-refractivity contribution in [1.29, 1.82) is 0 Å². The number of nitrogens with zero attached hydrogens (tertiary/aromatic N) is 3. The molecule has 6 heteroatoms. The van der Waals surface area contributed by atoms with Crippen LogP contribution >= 0.6 is 23.2 Å². The third-order valence-corrected chi connectivity index (χ3v) is 2.89. The standard InChI is InChI=1S/C11H12Cl2N4/c1-14-5-10-7-17(16-15-10)6-8-4-9(12)2-3-11(8)13/h2-4,7,14H,5-6H2,1H3. The van der Waals surface area contributed by atoms with Gasteiger partial charge in [-0.1, -0.05) is 28.4 Å². The molecule has 0 spiro atoms. The number of rotatable bonds is 4. The third kappa shape index (κ3) is 3.19. The Balaban J connectivity index is 2.16. The van der Waals surface area contributed by atoms with Gasteiger partial charge in [-0.05, 0) is 30.8 Å². The van der Waals surface area contributed by atoms with E-state index in [1.54, 1.807) is 16.8 Å². The maximum absolute atomic E-state index is 6.08. The number of aromatic nitrogens is 3. The summed E-state index contributed by atoms with van der Waals surface area (Å²) in [6.07, 6.45) is 1.88. The molecule has 0 saturated heterocycles. The molecule has 0 aliphatic carbocycles. The molecule has 0 saturated carbocycles. The van der Waals surface area contributed by atoms with E-state index in [0.29, 0.717) is 23.1 Å². The lowest BCUT2D eigenvalue weighted by Crippen LogP contribution is -2.05. The van der Waals surface area contributed by atoms with Gasteiger partial charge in [0.25, 0.3) is 0 Å². The van der Waals surface area contributed by atoms with E-state index >= 15 is 0 Å². The number of hydrogen-bond acceptors (Lipinski definition) is 3. The second-order valence-electron chi connectivity index (χ2n) is 3.67. The van der Waals surface area contributed by atoms with E-state index in [0.717, 1.165) is 11.3 Å². The molecule has 0 aliphatic heterocycles. The van der Waals surface area contributed by atoms with Crippen molar-refractivity contribution in [2.24, 2.45) is 0 Å². The zero-order chi connectivity index (χ0) is 12.3. The van der Waals surface area contributed by atoms with Gasteiger partial charge in [-0.3, -0.25) is 0 Å². The number of nitrogens with one attached hydrogen (secondary N) is 1. The molecule has 4 nitrogen and oxygen atoms in total. The fraction of sp³-hybridized carbons (Fsp3) is 0.273. The first-order valence-corrected chi connectivity index (χ1v) is 5.92. The number of benzene rings is 1. The lowest BCUT2D eigenvalue weighted by molar-refractivity contribution is 0.649. The van der Waals surface area contributed by atoms with Crippen LogP contribution in [0.1, 0.15) is 11.3 Å². The monoisotopic (exact) mass is 270 g/mol. The van der Waals surface area contributed by atoms with Gasteiger partial charge < -0.3 is 5.32 Å². The lowest BCUT2D eigenvalue weighted by Gasteiger charge is -2.04. The Bertz CT molecular complexity index is 510. The van der Waals surface area contributed by atoms with Gasteiger partial charge in [-0.15, -0.1) is 5.10 Å². The maximum Gasteiger partial charge on any atom is 0.0964 e. The highest BCUT2D eigenvalue weighted by molar-refractivity contribution is 6.33. The highest BCUT2D eigenvalue weighted by Gasteiger charge is 2.05. The minimum atomic E-state index is 0.566. The minimum absolute atomic E-state index is 0.566. The summed E-state index contributed by atoms with van der Waals surface area (Å²) in [5, 5.41) is 12.4. The first-order valence-electron chi connectivity index (χ1n) is 5.16. The molecule has 2 rings (SSSR count). The quantitative estimate of drug-likeness (QED) is 0.928. The lowest BCUT2D eigenvalue weighted by atomic mass is 10.2. The van der Waals surface area contributed by atoms with Crippen LogP contribution in [0.4, 0.5) is 0 Å². The third-order valence-electron chi connectivity index (χ3n) is 2.28. The average molecular weight is 271 g/mol. The van der Waals surface area contributed by atoms with Crippen molar-refractivity contribution in [2.75, 3.05) is 7.05 Å². The largest absolute Gasteiger partial charge is 0.314 e. The van der Waals surface area contributed by atoms with E-state index < -0.39 is 0 Å². The Kier molecular flexibility index (Phi) is 3.99. The molecule has 90 valence electrons. The smallest absolute Gasteiger partial charge is 0.0964 e. The van der Waals surface area contributed by atoms with Crippen LogP contribution in [0.3, 0.4) is 0 Å². The Morgan fingerprint density at radius 2 is 2.18 bits per heavy atom. The molecule has 1 aromatic carbocycles. The van der Waals surface area contributed by atoms with E-state index in [-0.39, 0.29) is 0 Å². The zero-order valence-corrected chi connectivity index (χ0v) is 10.8. The molecule has 17 heavy (non-hydrogen) atoms. The predicted octanol–water partition coefficient (Wildman–Crippen LogP) is 2.35. The van der Waals surface area contributed by atoms with Crippen molar-refractivity contribution in [3.05, 3.63) is 45.7 Å². The molecule has 0 unspecified atom stereocenters. The molecule has 0 amide bonds. The van der Waals surface area contributed by atoms with Crippen LogP contribution in [0.15, 0.2) is 24.4 Å². The summed E-state index contributed by atoms with van der Waals surface area (Å²) in [5.41, 5.74) is 1.82. The molecule has 1 heterocycles. The highest BCUT2D eigenvalue weighted by Crippen LogP contribution is 2.21. The van der Waals surface area contributed by atoms with Crippen LogP contribution in [0.5, 0.6) is 0 Å². The van der Waals surface area contributed by atoms with Crippen LogP contribution in [0.2, 0.25) is 10.0 Å². The van der Waals surface area contributed by atoms with Gasteiger partial charge in [-0.2, -0.15) is 0 Å². The van der Waals surface area contributed by atoms with Crippen LogP contribution in [-0.2, 0) is 13.1 Å². The highest BCUT2D eigenvalue weighted by atomic mass is 35.5. The van der Waals surface area contributed by atoms with Crippen molar-refractivity contribution in [3.63, 3.8) is 0 Å². The number of hydrogen-bond donors (Lipinski definition) is 1. The van der Waals surface area contributed by atoms with Gasteiger partial charge in [0.15, 0.2) is 0 Å². The first-order chi connectivity index (χ1) is 8.19. The molecule has 0 aliphatic rings. The maximum atomic E-state index is 6.08. The van der Waals surface area contributed by atoms with Crippen molar-refractivity contribution < 1.29 is 0 Å². The number of halogens is 2. The second kappa shape index (κ2) is 5.49. The summed E-state index contributed by atoms with van der Waals surface area (Å²) in [6, 6.07) is 5.38. The molecule has 0 atom stereocenters. The molecule has 2 aromatic rings. The average Bonchev–Trinajstić information content (AvgIpc) is 2.72. The van der Waals surface area contributed by atoms with E-state index in [1.807, 2.05) is 19.3 Å². The van der Waals surface area contributed by atoms with E-state index in [2.05, 4.69) is 15.6 Å². The Hall–Kier alpha value is -1.10. The molecule has 0 radical (unpaired) electrons. The molecule has 1 aromatic heterocycles. The van der Waals surface area contributed by atoms with Crippen LogP contribution in [0.25, 0.3) is 0 Å². The SMILES string of the molecule is CNCc1cn(Cc2cc(Cl)ccc2Cl)nn1. The van der Waals surface area contributed by atoms with Crippen LogP contribution < -0.4 is 5.32 Å². The van der Waals surface area contributed by atoms with Gasteiger partial charge in [0.1, 0.15) is 0 Å². The predicted molar refractivity (Wildman–Crippen MR) is 68.3 cm³/mol. The Morgan fingerprint density at radius 3 is 2.94 bits per heavy atom. The molecule has 0 fully saturated rings. The molecule has 0 bridgehead atoms. The Labute approximate surface area is 110 Å². The van der Waals surface area contributed by atoms with Crippen molar-refractivity contribution in [2.45, 2.75) is 13.1 Å². The van der Waals surface area contributed by atoms with Crippen molar-refractivity contribution in [3.8, 4) is 0 Å². The fourth-order valence-electron chi connectivity index (χ4n) is 1.52. The van der Waals surface area contributed by atoms with E-state index in [4.69, 9.17) is 23.2 Å². The zero-order valence-electron chi connectivity index (χ0n) is 9.32. The molecular formula is C11H12Cl2N4. The normalized spacial score (nSPS) is 10.8. The summed E-state index contributed by atoms with van der Waals surface area (Å²) in [6.45, 7) is 1.26. The van der Waals surface area contributed by atoms with Gasteiger partial charge in [-0.25, -0.2) is 4.68 Å². The summed E-state index contributed by atoms with van der Waals surface area (Å²) in [4.78, 5) is 0. The van der Waals surface area contributed by atoms with Gasteiger partial charge in [0.05, 0.1) is 18.4 Å². The Morgan fingerprint density at radius 1 is 1.35 bits per heavy atom. The first kappa shape index (κ1) is 12.4. The van der Waals surface area contributed by atoms with Gasteiger partial charge in [0, 0.05) is 16.6 Å². The van der Waals surface area contributed by atoms with Crippen LogP contribution in [0, 0.1) is 0 Å². The summed E-state index contributed by atoms with van der Waals surface area (Å²) in [7, 11) is 1.87. The second-order valence-corrected chi connectivity index (χ2v) is 4.52. The topological polar surface area (TPSA) is 42.7 Å². The summed E-state index contributed by atoms with van der Waals surface area (Å²) >= 11 is 12.0. The summed E-state index contributed by atoms with van der Waals surface area (Å²) in [5.74, 6) is 0. The van der Waals surface area contributed by atoms with Crippen LogP contribution in [-0.4, -0.2) is 22.0 Å². The van der Waals surface area contributed by atoms with Gasteiger partial charge in [0.2, 0.25) is 0 Å². The van der Waals surface area contributed by atoms with Gasteiger partial charge >= 0.3 is 0 Å². The molecular weight excluding hydrogens is 259 g/mol. The van der Waals surface area contributed by atoms with Crippen molar-refractivity contribution in [1.82, 2.24) is 20.3 Å². The van der Waals surface area contributed by atoms with Crippen molar-refractivity contribution >= 4 is 23.2 Å². The van der Waals surface area contributed by atoms with E-state index in [1.165, 1.54) is 0 Å².